The van der Waals surface area contributed by atoms with E-state index in [0.29, 0.717) is 18.0 Å². The molecule has 1 unspecified atom stereocenters. The monoisotopic (exact) mass is 491 g/mol. The predicted octanol–water partition coefficient (Wildman–Crippen LogP) is 4.18. The quantitative estimate of drug-likeness (QED) is 0.491. The van der Waals surface area contributed by atoms with Crippen molar-refractivity contribution in [3.05, 3.63) is 70.3 Å². The van der Waals surface area contributed by atoms with Gasteiger partial charge in [-0.25, -0.2) is 0 Å². The van der Waals surface area contributed by atoms with E-state index in [1.54, 1.807) is 19.2 Å². The minimum atomic E-state index is -0.228. The Hall–Kier alpha value is -3.39. The fourth-order valence-corrected chi connectivity index (χ4v) is 4.91. The number of carbonyl (C=O) groups excluding carboxylic acids is 1. The molecule has 0 saturated heterocycles. The molecule has 8 heteroatoms. The number of hydrogen-bond acceptors (Lipinski definition) is 6. The molecular weight excluding hydrogens is 454 g/mol. The van der Waals surface area contributed by atoms with Crippen LogP contribution >= 0.6 is 0 Å². The average molecular weight is 492 g/mol. The molecule has 192 valence electrons. The third-order valence-electron chi connectivity index (χ3n) is 6.64. The van der Waals surface area contributed by atoms with Crippen molar-refractivity contribution in [2.45, 2.75) is 59.7 Å². The summed E-state index contributed by atoms with van der Waals surface area (Å²) in [6.45, 7) is 11.2. The molecule has 1 atom stereocenters. The number of carbonyl (C=O) groups is 1. The smallest absolute Gasteiger partial charge is 0.251 e. The van der Waals surface area contributed by atoms with Gasteiger partial charge in [-0.05, 0) is 56.5 Å². The van der Waals surface area contributed by atoms with Gasteiger partial charge in [0.2, 0.25) is 0 Å². The van der Waals surface area contributed by atoms with Crippen LogP contribution in [0.1, 0.15) is 65.0 Å². The van der Waals surface area contributed by atoms with Crippen LogP contribution in [-0.4, -0.2) is 50.9 Å². The summed E-state index contributed by atoms with van der Waals surface area (Å²) < 4.78 is 7.49. The van der Waals surface area contributed by atoms with E-state index in [9.17, 15) is 9.90 Å². The first-order valence-electron chi connectivity index (χ1n) is 12.6. The van der Waals surface area contributed by atoms with Crippen molar-refractivity contribution >= 4 is 5.91 Å². The minimum Gasteiger partial charge on any atom is -0.508 e. The minimum absolute atomic E-state index is 0.0893. The Morgan fingerprint density at radius 3 is 2.53 bits per heavy atom. The standard InChI is InChI=1S/C28H37N5O3/c1-18(2)12-24(29-28(35)21-14-19(3)13-20(4)15-21)27-31-30-26-8-9-32(10-11-33(26)27)17-22-16-23(36-5)6-7-25(22)34/h6-7,13-16,18,24,34H,8-12,17H2,1-5H3,(H,29,35). The van der Waals surface area contributed by atoms with Gasteiger partial charge in [0.1, 0.15) is 17.3 Å². The summed E-state index contributed by atoms with van der Waals surface area (Å²) in [6, 6.07) is 11.0. The zero-order chi connectivity index (χ0) is 25.8. The fourth-order valence-electron chi connectivity index (χ4n) is 4.91. The van der Waals surface area contributed by atoms with Gasteiger partial charge in [0, 0.05) is 43.7 Å². The van der Waals surface area contributed by atoms with Crippen molar-refractivity contribution in [3.63, 3.8) is 0 Å². The third kappa shape index (κ3) is 6.05. The number of benzene rings is 2. The summed E-state index contributed by atoms with van der Waals surface area (Å²) in [4.78, 5) is 15.5. The molecule has 0 spiro atoms. The summed E-state index contributed by atoms with van der Waals surface area (Å²) in [7, 11) is 1.63. The summed E-state index contributed by atoms with van der Waals surface area (Å²) in [6.07, 6.45) is 1.52. The molecule has 36 heavy (non-hydrogen) atoms. The van der Waals surface area contributed by atoms with Gasteiger partial charge >= 0.3 is 0 Å². The zero-order valence-corrected chi connectivity index (χ0v) is 21.9. The Morgan fingerprint density at radius 1 is 1.08 bits per heavy atom. The molecule has 0 bridgehead atoms. The molecule has 2 N–H and O–H groups in total. The van der Waals surface area contributed by atoms with Crippen molar-refractivity contribution in [1.82, 2.24) is 25.0 Å². The Morgan fingerprint density at radius 2 is 1.83 bits per heavy atom. The van der Waals surface area contributed by atoms with Crippen molar-refractivity contribution in [2.24, 2.45) is 5.92 Å². The number of fused-ring (bicyclic) bond motifs is 1. The maximum atomic E-state index is 13.2. The van der Waals surface area contributed by atoms with Gasteiger partial charge in [-0.15, -0.1) is 10.2 Å². The molecule has 2 aromatic carbocycles. The first-order valence-corrected chi connectivity index (χ1v) is 12.6. The number of phenolic OH excluding ortho intramolecular Hbond substituents is 1. The van der Waals surface area contributed by atoms with Crippen LogP contribution in [0.3, 0.4) is 0 Å². The van der Waals surface area contributed by atoms with E-state index in [4.69, 9.17) is 4.74 Å². The average Bonchev–Trinajstić information content (AvgIpc) is 3.13. The lowest BCUT2D eigenvalue weighted by Gasteiger charge is -2.23. The first-order chi connectivity index (χ1) is 17.2. The van der Waals surface area contributed by atoms with Crippen LogP contribution < -0.4 is 10.1 Å². The molecule has 1 aromatic heterocycles. The molecule has 1 amide bonds. The van der Waals surface area contributed by atoms with E-state index in [2.05, 4.69) is 44.9 Å². The fraction of sp³-hybridized carbons (Fsp3) is 0.464. The third-order valence-corrected chi connectivity index (χ3v) is 6.64. The highest BCUT2D eigenvalue weighted by Crippen LogP contribution is 2.26. The summed E-state index contributed by atoms with van der Waals surface area (Å²) >= 11 is 0. The van der Waals surface area contributed by atoms with Crippen molar-refractivity contribution < 1.29 is 14.6 Å². The number of phenols is 1. The van der Waals surface area contributed by atoms with E-state index in [0.717, 1.165) is 66.6 Å². The highest BCUT2D eigenvalue weighted by molar-refractivity contribution is 5.94. The number of aromatic hydroxyl groups is 1. The highest BCUT2D eigenvalue weighted by atomic mass is 16.5. The SMILES string of the molecule is COc1ccc(O)c(CN2CCc3nnc(C(CC(C)C)NC(=O)c4cc(C)cc(C)c4)n3CC2)c1. The second-order valence-electron chi connectivity index (χ2n) is 10.2. The number of amides is 1. The van der Waals surface area contributed by atoms with Gasteiger partial charge < -0.3 is 19.7 Å². The van der Waals surface area contributed by atoms with Gasteiger partial charge in [0.25, 0.3) is 5.91 Å². The van der Waals surface area contributed by atoms with Crippen LogP contribution in [0.4, 0.5) is 0 Å². The van der Waals surface area contributed by atoms with Gasteiger partial charge in [-0.2, -0.15) is 0 Å². The maximum Gasteiger partial charge on any atom is 0.251 e. The van der Waals surface area contributed by atoms with Crippen LogP contribution in [0.2, 0.25) is 0 Å². The lowest BCUT2D eigenvalue weighted by Crippen LogP contribution is -2.32. The van der Waals surface area contributed by atoms with Crippen LogP contribution in [-0.2, 0) is 19.5 Å². The molecule has 0 radical (unpaired) electrons. The number of methoxy groups -OCH3 is 1. The predicted molar refractivity (Wildman–Crippen MR) is 139 cm³/mol. The Labute approximate surface area is 213 Å². The molecule has 1 aliphatic heterocycles. The van der Waals surface area contributed by atoms with Crippen molar-refractivity contribution in [3.8, 4) is 11.5 Å². The largest absolute Gasteiger partial charge is 0.508 e. The van der Waals surface area contributed by atoms with Crippen LogP contribution in [0.15, 0.2) is 36.4 Å². The topological polar surface area (TPSA) is 92.5 Å². The van der Waals surface area contributed by atoms with Crippen molar-refractivity contribution in [1.29, 1.82) is 0 Å². The molecule has 8 nitrogen and oxygen atoms in total. The van der Waals surface area contributed by atoms with E-state index in [1.807, 2.05) is 32.0 Å². The van der Waals surface area contributed by atoms with Crippen molar-refractivity contribution in [2.75, 3.05) is 20.2 Å². The van der Waals surface area contributed by atoms with Gasteiger partial charge in [0.05, 0.1) is 13.2 Å². The number of aromatic nitrogens is 3. The van der Waals surface area contributed by atoms with Gasteiger partial charge in [-0.1, -0.05) is 31.0 Å². The second-order valence-corrected chi connectivity index (χ2v) is 10.2. The number of aryl methyl sites for hydroxylation is 2. The Bertz CT molecular complexity index is 1200. The van der Waals surface area contributed by atoms with Gasteiger partial charge in [-0.3, -0.25) is 9.69 Å². The number of rotatable bonds is 8. The lowest BCUT2D eigenvalue weighted by molar-refractivity contribution is 0.0928. The van der Waals surface area contributed by atoms with E-state index >= 15 is 0 Å². The molecule has 1 aliphatic rings. The Kier molecular flexibility index (Phi) is 7.94. The summed E-state index contributed by atoms with van der Waals surface area (Å²) in [5, 5.41) is 22.6. The van der Waals surface area contributed by atoms with E-state index in [-0.39, 0.29) is 17.7 Å². The molecule has 0 fully saturated rings. The summed E-state index contributed by atoms with van der Waals surface area (Å²) in [5.41, 5.74) is 3.64. The molecule has 0 saturated carbocycles. The van der Waals surface area contributed by atoms with Gasteiger partial charge in [0.15, 0.2) is 5.82 Å². The normalized spacial score (nSPS) is 14.8. The number of nitrogens with one attached hydrogen (secondary N) is 1. The number of ether oxygens (including phenoxy) is 1. The van der Waals surface area contributed by atoms with E-state index < -0.39 is 0 Å². The zero-order valence-electron chi connectivity index (χ0n) is 21.9. The number of nitrogens with zero attached hydrogens (tertiary/aromatic N) is 4. The van der Waals surface area contributed by atoms with Crippen LogP contribution in [0, 0.1) is 19.8 Å². The lowest BCUT2D eigenvalue weighted by atomic mass is 10.0. The Balaban J connectivity index is 1.52. The van der Waals surface area contributed by atoms with Crippen LogP contribution in [0.5, 0.6) is 11.5 Å². The summed E-state index contributed by atoms with van der Waals surface area (Å²) in [5.74, 6) is 3.02. The molecule has 2 heterocycles. The highest BCUT2D eigenvalue weighted by Gasteiger charge is 2.27. The molecular formula is C28H37N5O3. The second kappa shape index (κ2) is 11.1. The molecule has 4 rings (SSSR count). The maximum absolute atomic E-state index is 13.2. The molecule has 3 aromatic rings. The number of hydrogen-bond donors (Lipinski definition) is 2. The first kappa shape index (κ1) is 25.7. The molecule has 0 aliphatic carbocycles. The van der Waals surface area contributed by atoms with E-state index in [1.165, 1.54) is 0 Å². The van der Waals surface area contributed by atoms with Crippen LogP contribution in [0.25, 0.3) is 0 Å².